The third-order valence-corrected chi connectivity index (χ3v) is 3.99. The van der Waals surface area contributed by atoms with Crippen LogP contribution in [0.1, 0.15) is 36.7 Å². The van der Waals surface area contributed by atoms with E-state index in [9.17, 15) is 0 Å². The zero-order chi connectivity index (χ0) is 15.1. The zero-order valence-electron chi connectivity index (χ0n) is 13.5. The molecule has 0 radical (unpaired) electrons. The SMILES string of the molecule is CCNC(CCc1cccc(C)c1)CCc1nccn1C. The number of nitrogens with zero attached hydrogens (tertiary/aromatic N) is 2. The highest BCUT2D eigenvalue weighted by Gasteiger charge is 2.09. The molecular weight excluding hydrogens is 258 g/mol. The first-order valence-electron chi connectivity index (χ1n) is 7.94. The molecule has 1 atom stereocenters. The lowest BCUT2D eigenvalue weighted by atomic mass is 10.0. The highest BCUT2D eigenvalue weighted by Crippen LogP contribution is 2.11. The van der Waals surface area contributed by atoms with Crippen molar-refractivity contribution < 1.29 is 0 Å². The second-order valence-corrected chi connectivity index (χ2v) is 5.78. The third kappa shape index (κ3) is 5.01. The van der Waals surface area contributed by atoms with Gasteiger partial charge in [-0.25, -0.2) is 4.98 Å². The van der Waals surface area contributed by atoms with E-state index in [0.29, 0.717) is 6.04 Å². The molecule has 3 nitrogen and oxygen atoms in total. The number of hydrogen-bond acceptors (Lipinski definition) is 2. The van der Waals surface area contributed by atoms with Gasteiger partial charge in [0.25, 0.3) is 0 Å². The summed E-state index contributed by atoms with van der Waals surface area (Å²) in [5.41, 5.74) is 2.79. The number of benzene rings is 1. The van der Waals surface area contributed by atoms with E-state index in [1.165, 1.54) is 23.4 Å². The first-order valence-corrected chi connectivity index (χ1v) is 7.94. The largest absolute Gasteiger partial charge is 0.338 e. The molecule has 2 aromatic rings. The van der Waals surface area contributed by atoms with Crippen LogP contribution in [0.5, 0.6) is 0 Å². The smallest absolute Gasteiger partial charge is 0.108 e. The summed E-state index contributed by atoms with van der Waals surface area (Å²) < 4.78 is 2.11. The first-order chi connectivity index (χ1) is 10.2. The molecule has 0 aliphatic heterocycles. The Labute approximate surface area is 128 Å². The normalized spacial score (nSPS) is 12.5. The Bertz CT molecular complexity index is 545. The van der Waals surface area contributed by atoms with Crippen molar-refractivity contribution in [3.63, 3.8) is 0 Å². The van der Waals surface area contributed by atoms with Crippen LogP contribution < -0.4 is 5.32 Å². The lowest BCUT2D eigenvalue weighted by Gasteiger charge is -2.18. The van der Waals surface area contributed by atoms with E-state index in [1.807, 2.05) is 12.4 Å². The Balaban J connectivity index is 1.85. The van der Waals surface area contributed by atoms with Crippen molar-refractivity contribution in [2.75, 3.05) is 6.54 Å². The minimum absolute atomic E-state index is 0.562. The zero-order valence-corrected chi connectivity index (χ0v) is 13.5. The molecule has 1 aromatic heterocycles. The predicted molar refractivity (Wildman–Crippen MR) is 88.5 cm³/mol. The standard InChI is InChI=1S/C18H27N3/c1-4-19-17(10-11-18-20-12-13-21(18)3)9-8-16-7-5-6-15(2)14-16/h5-7,12-14,17,19H,4,8-11H2,1-3H3. The molecule has 1 aromatic carbocycles. The fraction of sp³-hybridized carbons (Fsp3) is 0.500. The van der Waals surface area contributed by atoms with Crippen molar-refractivity contribution in [3.05, 3.63) is 53.6 Å². The van der Waals surface area contributed by atoms with Crippen molar-refractivity contribution in [3.8, 4) is 0 Å². The molecule has 1 N–H and O–H groups in total. The molecule has 0 spiro atoms. The molecule has 1 unspecified atom stereocenters. The highest BCUT2D eigenvalue weighted by molar-refractivity contribution is 5.22. The van der Waals surface area contributed by atoms with Gasteiger partial charge in [-0.3, -0.25) is 0 Å². The average molecular weight is 285 g/mol. The van der Waals surface area contributed by atoms with E-state index in [1.54, 1.807) is 0 Å². The van der Waals surface area contributed by atoms with Gasteiger partial charge in [-0.05, 0) is 38.3 Å². The second kappa shape index (κ2) is 7.99. The lowest BCUT2D eigenvalue weighted by Crippen LogP contribution is -2.30. The number of aromatic nitrogens is 2. The number of aryl methyl sites for hydroxylation is 4. The maximum atomic E-state index is 4.41. The van der Waals surface area contributed by atoms with E-state index in [4.69, 9.17) is 0 Å². The van der Waals surface area contributed by atoms with E-state index < -0.39 is 0 Å². The molecule has 3 heteroatoms. The Morgan fingerprint density at radius 3 is 2.71 bits per heavy atom. The van der Waals surface area contributed by atoms with Gasteiger partial charge in [0.1, 0.15) is 5.82 Å². The molecular formula is C18H27N3. The van der Waals surface area contributed by atoms with Crippen LogP contribution in [-0.2, 0) is 19.9 Å². The molecule has 0 bridgehead atoms. The molecule has 114 valence electrons. The van der Waals surface area contributed by atoms with Crippen LogP contribution in [0.4, 0.5) is 0 Å². The molecule has 0 saturated heterocycles. The molecule has 0 fully saturated rings. The maximum absolute atomic E-state index is 4.41. The summed E-state index contributed by atoms with van der Waals surface area (Å²) in [6.07, 6.45) is 8.40. The third-order valence-electron chi connectivity index (χ3n) is 3.99. The summed E-state index contributed by atoms with van der Waals surface area (Å²) in [4.78, 5) is 4.41. The van der Waals surface area contributed by atoms with Gasteiger partial charge in [0, 0.05) is 31.9 Å². The van der Waals surface area contributed by atoms with Crippen LogP contribution in [0.25, 0.3) is 0 Å². The van der Waals surface area contributed by atoms with Crippen LogP contribution >= 0.6 is 0 Å². The van der Waals surface area contributed by atoms with Crippen molar-refractivity contribution >= 4 is 0 Å². The summed E-state index contributed by atoms with van der Waals surface area (Å²) in [6.45, 7) is 5.37. The van der Waals surface area contributed by atoms with Crippen LogP contribution in [-0.4, -0.2) is 22.1 Å². The van der Waals surface area contributed by atoms with Gasteiger partial charge >= 0.3 is 0 Å². The second-order valence-electron chi connectivity index (χ2n) is 5.78. The van der Waals surface area contributed by atoms with Crippen LogP contribution in [0.15, 0.2) is 36.7 Å². The molecule has 0 aliphatic rings. The van der Waals surface area contributed by atoms with E-state index >= 15 is 0 Å². The molecule has 2 rings (SSSR count). The van der Waals surface area contributed by atoms with Gasteiger partial charge in [0.05, 0.1) is 0 Å². The summed E-state index contributed by atoms with van der Waals surface area (Å²) in [6, 6.07) is 9.40. The van der Waals surface area contributed by atoms with Crippen molar-refractivity contribution in [1.82, 2.24) is 14.9 Å². The molecule has 1 heterocycles. The lowest BCUT2D eigenvalue weighted by molar-refractivity contribution is 0.458. The van der Waals surface area contributed by atoms with Gasteiger partial charge < -0.3 is 9.88 Å². The topological polar surface area (TPSA) is 29.9 Å². The van der Waals surface area contributed by atoms with Gasteiger partial charge in [-0.1, -0.05) is 36.8 Å². The fourth-order valence-corrected chi connectivity index (χ4v) is 2.79. The Morgan fingerprint density at radius 2 is 2.05 bits per heavy atom. The Kier molecular flexibility index (Phi) is 6.00. The molecule has 0 saturated carbocycles. The van der Waals surface area contributed by atoms with E-state index in [-0.39, 0.29) is 0 Å². The first kappa shape index (κ1) is 15.8. The van der Waals surface area contributed by atoms with Crippen LogP contribution in [0.2, 0.25) is 0 Å². The number of imidazole rings is 1. The fourth-order valence-electron chi connectivity index (χ4n) is 2.79. The molecule has 0 aliphatic carbocycles. The van der Waals surface area contributed by atoms with E-state index in [2.05, 4.69) is 60.0 Å². The number of nitrogens with one attached hydrogen (secondary N) is 1. The Morgan fingerprint density at radius 1 is 1.24 bits per heavy atom. The maximum Gasteiger partial charge on any atom is 0.108 e. The van der Waals surface area contributed by atoms with Gasteiger partial charge in [0.2, 0.25) is 0 Å². The summed E-state index contributed by atoms with van der Waals surface area (Å²) in [7, 11) is 2.07. The summed E-state index contributed by atoms with van der Waals surface area (Å²) in [5, 5.41) is 3.61. The number of rotatable bonds is 8. The predicted octanol–water partition coefficient (Wildman–Crippen LogP) is 3.27. The monoisotopic (exact) mass is 285 g/mol. The van der Waals surface area contributed by atoms with Crippen molar-refractivity contribution in [2.45, 2.75) is 45.6 Å². The van der Waals surface area contributed by atoms with Crippen molar-refractivity contribution in [2.24, 2.45) is 7.05 Å². The van der Waals surface area contributed by atoms with Gasteiger partial charge in [0.15, 0.2) is 0 Å². The minimum atomic E-state index is 0.562. The summed E-state index contributed by atoms with van der Waals surface area (Å²) in [5.74, 6) is 1.17. The quantitative estimate of drug-likeness (QED) is 0.806. The summed E-state index contributed by atoms with van der Waals surface area (Å²) >= 11 is 0. The molecule has 21 heavy (non-hydrogen) atoms. The number of hydrogen-bond donors (Lipinski definition) is 1. The van der Waals surface area contributed by atoms with Crippen LogP contribution in [0, 0.1) is 6.92 Å². The average Bonchev–Trinajstić information content (AvgIpc) is 2.87. The minimum Gasteiger partial charge on any atom is -0.338 e. The van der Waals surface area contributed by atoms with Gasteiger partial charge in [-0.2, -0.15) is 0 Å². The highest BCUT2D eigenvalue weighted by atomic mass is 15.0. The van der Waals surface area contributed by atoms with Crippen molar-refractivity contribution in [1.29, 1.82) is 0 Å². The molecule has 0 amide bonds. The van der Waals surface area contributed by atoms with Gasteiger partial charge in [-0.15, -0.1) is 0 Å². The van der Waals surface area contributed by atoms with Crippen LogP contribution in [0.3, 0.4) is 0 Å². The Hall–Kier alpha value is -1.61. The van der Waals surface area contributed by atoms with E-state index in [0.717, 1.165) is 25.8 Å².